The summed E-state index contributed by atoms with van der Waals surface area (Å²) in [6.07, 6.45) is 6.49. The highest BCUT2D eigenvalue weighted by atomic mass is 32.2. The van der Waals surface area contributed by atoms with Crippen LogP contribution in [0, 0.1) is 5.82 Å². The fourth-order valence-electron chi connectivity index (χ4n) is 4.11. The summed E-state index contributed by atoms with van der Waals surface area (Å²) in [5.74, 6) is 0.503. The number of ether oxygens (including phenoxy) is 2. The molecule has 1 N–H and O–H groups in total. The van der Waals surface area contributed by atoms with E-state index in [2.05, 4.69) is 14.7 Å². The van der Waals surface area contributed by atoms with Crippen molar-refractivity contribution in [2.75, 3.05) is 18.8 Å². The van der Waals surface area contributed by atoms with Crippen LogP contribution in [-0.2, 0) is 12.1 Å². The van der Waals surface area contributed by atoms with E-state index in [4.69, 9.17) is 13.9 Å². The number of nitrogens with one attached hydrogen (secondary N) is 1. The topological polar surface area (TPSA) is 93.0 Å². The number of halogens is 1. The number of amides is 1. The third kappa shape index (κ3) is 3.98. The molecule has 172 valence electrons. The van der Waals surface area contributed by atoms with Crippen molar-refractivity contribution in [2.24, 2.45) is 0 Å². The second-order valence-corrected chi connectivity index (χ2v) is 9.15. The van der Waals surface area contributed by atoms with Crippen molar-refractivity contribution >= 4 is 24.0 Å². The molecule has 1 saturated carbocycles. The number of carbonyl (C=O) groups excluding carboxylic acids is 1. The van der Waals surface area contributed by atoms with Gasteiger partial charge in [0.1, 0.15) is 17.8 Å². The maximum atomic E-state index is 15.1. The SMILES string of the molecule is CN(C)SNc1nccc(CN2C(=O)Oc3cc(Oc4ncco4)ccc3C23CCC3)c1F. The van der Waals surface area contributed by atoms with Gasteiger partial charge in [0.15, 0.2) is 11.6 Å². The standard InChI is InChI=1S/C22H22FN5O4S/c1-27(2)33-26-19-18(23)14(6-9-24-19)13-28-21(29)32-17-12-15(31-20-25-10-11-30-20)4-5-16(17)22(28)7-3-8-22/h4-6,9-12H,3,7-8,13H2,1-2H3,(H,24,26). The van der Waals surface area contributed by atoms with E-state index in [-0.39, 0.29) is 18.4 Å². The Balaban J connectivity index is 1.43. The van der Waals surface area contributed by atoms with E-state index in [1.165, 1.54) is 30.8 Å². The first kappa shape index (κ1) is 21.5. The number of carbonyl (C=O) groups is 1. The fraction of sp³-hybridized carbons (Fsp3) is 0.318. The van der Waals surface area contributed by atoms with E-state index in [1.807, 2.05) is 20.2 Å². The van der Waals surface area contributed by atoms with E-state index in [9.17, 15) is 4.79 Å². The van der Waals surface area contributed by atoms with Crippen LogP contribution in [0.4, 0.5) is 15.0 Å². The average molecular weight is 472 g/mol. The van der Waals surface area contributed by atoms with Crippen molar-refractivity contribution in [3.05, 3.63) is 59.9 Å². The molecule has 0 bridgehead atoms. The minimum absolute atomic E-state index is 0.0719. The Kier molecular flexibility index (Phi) is 5.59. The molecule has 1 spiro atoms. The van der Waals surface area contributed by atoms with Gasteiger partial charge >= 0.3 is 12.2 Å². The number of pyridine rings is 1. The highest BCUT2D eigenvalue weighted by Gasteiger charge is 2.51. The molecular formula is C22H22FN5O4S. The largest absolute Gasteiger partial charge is 0.417 e. The summed E-state index contributed by atoms with van der Waals surface area (Å²) in [6.45, 7) is 0.0719. The molecule has 33 heavy (non-hydrogen) atoms. The van der Waals surface area contributed by atoms with E-state index >= 15 is 4.39 Å². The predicted molar refractivity (Wildman–Crippen MR) is 119 cm³/mol. The molecule has 11 heteroatoms. The van der Waals surface area contributed by atoms with Crippen molar-refractivity contribution in [1.29, 1.82) is 0 Å². The molecule has 3 heterocycles. The zero-order valence-corrected chi connectivity index (χ0v) is 18.9. The van der Waals surface area contributed by atoms with Gasteiger partial charge in [-0.1, -0.05) is 0 Å². The van der Waals surface area contributed by atoms with Gasteiger partial charge in [-0.15, -0.1) is 0 Å². The smallest absolute Gasteiger partial charge is 0.416 e. The van der Waals surface area contributed by atoms with Gasteiger partial charge in [-0.2, -0.15) is 4.98 Å². The van der Waals surface area contributed by atoms with Crippen LogP contribution in [0.25, 0.3) is 0 Å². The first-order valence-corrected chi connectivity index (χ1v) is 11.2. The molecule has 0 atom stereocenters. The van der Waals surface area contributed by atoms with E-state index in [0.717, 1.165) is 24.8 Å². The van der Waals surface area contributed by atoms with Gasteiger partial charge in [0.25, 0.3) is 0 Å². The maximum Gasteiger partial charge on any atom is 0.416 e. The summed E-state index contributed by atoms with van der Waals surface area (Å²) in [6, 6.07) is 6.91. The highest BCUT2D eigenvalue weighted by molar-refractivity contribution is 7.98. The van der Waals surface area contributed by atoms with Gasteiger partial charge in [0.05, 0.1) is 18.3 Å². The van der Waals surface area contributed by atoms with Gasteiger partial charge in [0.2, 0.25) is 0 Å². The van der Waals surface area contributed by atoms with Crippen molar-refractivity contribution < 1.29 is 23.1 Å². The lowest BCUT2D eigenvalue weighted by molar-refractivity contribution is 0.00111. The quantitative estimate of drug-likeness (QED) is 0.481. The summed E-state index contributed by atoms with van der Waals surface area (Å²) >= 11 is 1.22. The van der Waals surface area contributed by atoms with Crippen LogP contribution in [-0.4, -0.2) is 39.4 Å². The zero-order valence-electron chi connectivity index (χ0n) is 18.1. The maximum absolute atomic E-state index is 15.1. The van der Waals surface area contributed by atoms with Crippen molar-refractivity contribution in [3.63, 3.8) is 0 Å². The second kappa shape index (κ2) is 8.56. The Morgan fingerprint density at radius 1 is 1.27 bits per heavy atom. The monoisotopic (exact) mass is 471 g/mol. The van der Waals surface area contributed by atoms with Crippen molar-refractivity contribution in [3.8, 4) is 17.6 Å². The third-order valence-electron chi connectivity index (χ3n) is 5.81. The molecule has 1 aliphatic carbocycles. The number of fused-ring (bicyclic) bond motifs is 2. The Labute approximate surface area is 194 Å². The first-order valence-electron chi connectivity index (χ1n) is 10.4. The Hall–Kier alpha value is -3.31. The van der Waals surface area contributed by atoms with Crippen molar-refractivity contribution in [2.45, 2.75) is 31.3 Å². The highest BCUT2D eigenvalue weighted by Crippen LogP contribution is 2.53. The summed E-state index contributed by atoms with van der Waals surface area (Å²) in [4.78, 5) is 22.7. The normalized spacial score (nSPS) is 16.4. The molecule has 1 fully saturated rings. The second-order valence-electron chi connectivity index (χ2n) is 8.04. The van der Waals surface area contributed by atoms with Gasteiger partial charge in [-0.25, -0.2) is 18.5 Å². The van der Waals surface area contributed by atoms with Crippen LogP contribution in [0.5, 0.6) is 17.6 Å². The lowest BCUT2D eigenvalue weighted by Crippen LogP contribution is -2.57. The lowest BCUT2D eigenvalue weighted by Gasteiger charge is -2.52. The number of hydrogen-bond donors (Lipinski definition) is 1. The van der Waals surface area contributed by atoms with Gasteiger partial charge in [-0.3, -0.25) is 9.62 Å². The van der Waals surface area contributed by atoms with Crippen LogP contribution >= 0.6 is 12.1 Å². The number of nitrogens with zero attached hydrogens (tertiary/aromatic N) is 4. The number of anilines is 1. The molecule has 0 unspecified atom stereocenters. The van der Waals surface area contributed by atoms with Crippen LogP contribution in [0.3, 0.4) is 0 Å². The van der Waals surface area contributed by atoms with E-state index in [1.54, 1.807) is 27.4 Å². The zero-order chi connectivity index (χ0) is 23.0. The number of hydrogen-bond acceptors (Lipinski definition) is 9. The molecule has 2 aliphatic rings. The van der Waals surface area contributed by atoms with Crippen LogP contribution in [0.2, 0.25) is 0 Å². The predicted octanol–water partition coefficient (Wildman–Crippen LogP) is 4.93. The molecular weight excluding hydrogens is 449 g/mol. The average Bonchev–Trinajstić information content (AvgIpc) is 3.26. The third-order valence-corrected chi connectivity index (χ3v) is 6.46. The van der Waals surface area contributed by atoms with Crippen LogP contribution < -0.4 is 14.2 Å². The molecule has 3 aromatic rings. The van der Waals surface area contributed by atoms with Gasteiger partial charge in [-0.05, 0) is 51.6 Å². The Morgan fingerprint density at radius 2 is 2.12 bits per heavy atom. The van der Waals surface area contributed by atoms with E-state index in [0.29, 0.717) is 17.1 Å². The number of oxazole rings is 1. The summed E-state index contributed by atoms with van der Waals surface area (Å²) < 4.78 is 36.2. The number of benzene rings is 1. The van der Waals surface area contributed by atoms with Crippen LogP contribution in [0.15, 0.2) is 47.3 Å². The molecule has 5 rings (SSSR count). The molecule has 1 amide bonds. The van der Waals surface area contributed by atoms with Gasteiger partial charge in [0, 0.05) is 35.5 Å². The molecule has 1 aromatic carbocycles. The summed E-state index contributed by atoms with van der Waals surface area (Å²) in [7, 11) is 3.67. The lowest BCUT2D eigenvalue weighted by atomic mass is 9.69. The number of rotatable bonds is 7. The summed E-state index contributed by atoms with van der Waals surface area (Å²) in [5.41, 5.74) is 0.694. The molecule has 1 aliphatic heterocycles. The van der Waals surface area contributed by atoms with Crippen LogP contribution in [0.1, 0.15) is 30.4 Å². The molecule has 9 nitrogen and oxygen atoms in total. The molecule has 0 saturated heterocycles. The first-order chi connectivity index (χ1) is 16.0. The fourth-order valence-corrected chi connectivity index (χ4v) is 4.53. The minimum Gasteiger partial charge on any atom is -0.417 e. The minimum atomic E-state index is -0.548. The Bertz CT molecular complexity index is 1170. The van der Waals surface area contributed by atoms with Gasteiger partial charge < -0.3 is 13.9 Å². The van der Waals surface area contributed by atoms with E-state index < -0.39 is 17.4 Å². The number of aromatic nitrogens is 2. The van der Waals surface area contributed by atoms with Crippen molar-refractivity contribution in [1.82, 2.24) is 19.2 Å². The Morgan fingerprint density at radius 3 is 2.82 bits per heavy atom. The molecule has 0 radical (unpaired) electrons. The molecule has 2 aromatic heterocycles. The summed E-state index contributed by atoms with van der Waals surface area (Å²) in [5, 5.41) is 0.